The lowest BCUT2D eigenvalue weighted by molar-refractivity contribution is -0.142. The molecule has 0 amide bonds. The summed E-state index contributed by atoms with van der Waals surface area (Å²) in [5.41, 5.74) is 0. The van der Waals surface area contributed by atoms with Crippen molar-refractivity contribution < 1.29 is 14.3 Å². The minimum absolute atomic E-state index is 0.0118. The predicted octanol–water partition coefficient (Wildman–Crippen LogP) is 1.57. The number of rotatable bonds is 6. The van der Waals surface area contributed by atoms with Crippen LogP contribution in [-0.2, 0) is 14.3 Å². The van der Waals surface area contributed by atoms with E-state index in [2.05, 4.69) is 20.7 Å². The van der Waals surface area contributed by atoms with Gasteiger partial charge in [0.25, 0.3) is 0 Å². The van der Waals surface area contributed by atoms with Crippen LogP contribution in [0.5, 0.6) is 0 Å². The Morgan fingerprint density at radius 3 is 2.67 bits per heavy atom. The minimum Gasteiger partial charge on any atom is -0.463 e. The Morgan fingerprint density at radius 1 is 1.58 bits per heavy atom. The van der Waals surface area contributed by atoms with Gasteiger partial charge in [-0.15, -0.1) is 11.6 Å². The topological polar surface area (TPSA) is 35.5 Å². The number of carbonyl (C=O) groups is 1. The number of halogens is 2. The molecule has 0 radical (unpaired) electrons. The second-order valence-corrected chi connectivity index (χ2v) is 3.10. The first-order chi connectivity index (χ1) is 5.70. The molecule has 0 aliphatic carbocycles. The molecule has 1 atom stereocenters. The largest absolute Gasteiger partial charge is 0.463 e. The second kappa shape index (κ2) is 7.83. The van der Waals surface area contributed by atoms with Gasteiger partial charge in [-0.3, -0.25) is 4.79 Å². The number of ether oxygens (including phenoxy) is 2. The van der Waals surface area contributed by atoms with Gasteiger partial charge in [-0.1, -0.05) is 15.9 Å². The molecule has 0 aromatic rings. The van der Waals surface area contributed by atoms with Crippen LogP contribution in [-0.4, -0.2) is 36.5 Å². The normalized spacial score (nSPS) is 12.6. The van der Waals surface area contributed by atoms with Gasteiger partial charge in [-0.25, -0.2) is 0 Å². The summed E-state index contributed by atoms with van der Waals surface area (Å²) in [7, 11) is 0. The van der Waals surface area contributed by atoms with Crippen LogP contribution in [0, 0.1) is 0 Å². The molecular formula is C7H12BrClO3. The molecule has 0 N–H and O–H groups in total. The third-order valence-corrected chi connectivity index (χ3v) is 2.15. The van der Waals surface area contributed by atoms with E-state index in [-0.39, 0.29) is 18.7 Å². The van der Waals surface area contributed by atoms with E-state index in [1.165, 1.54) is 6.92 Å². The Balaban J connectivity index is 3.23. The van der Waals surface area contributed by atoms with Gasteiger partial charge >= 0.3 is 5.97 Å². The predicted molar refractivity (Wildman–Crippen MR) is 50.9 cm³/mol. The number of carbonyl (C=O) groups excluding carboxylic acids is 1. The van der Waals surface area contributed by atoms with Crippen molar-refractivity contribution in [3.8, 4) is 0 Å². The number of alkyl halides is 2. The Labute approximate surface area is 85.5 Å². The molecule has 72 valence electrons. The van der Waals surface area contributed by atoms with Gasteiger partial charge < -0.3 is 9.47 Å². The van der Waals surface area contributed by atoms with Gasteiger partial charge in [0.2, 0.25) is 0 Å². The molecular weight excluding hydrogens is 247 g/mol. The summed E-state index contributed by atoms with van der Waals surface area (Å²) in [5, 5.41) is 0.691. The third-order valence-electron chi connectivity index (χ3n) is 1.09. The van der Waals surface area contributed by atoms with Crippen molar-refractivity contribution >= 4 is 33.5 Å². The van der Waals surface area contributed by atoms with Crippen molar-refractivity contribution in [2.45, 2.75) is 13.0 Å². The van der Waals surface area contributed by atoms with Crippen molar-refractivity contribution in [2.24, 2.45) is 0 Å². The first-order valence-electron chi connectivity index (χ1n) is 3.57. The Hall–Kier alpha value is 0.200. The van der Waals surface area contributed by atoms with Gasteiger partial charge in [-0.2, -0.15) is 0 Å². The quantitative estimate of drug-likeness (QED) is 0.413. The maximum Gasteiger partial charge on any atom is 0.302 e. The van der Waals surface area contributed by atoms with Crippen molar-refractivity contribution in [2.75, 3.05) is 24.4 Å². The average molecular weight is 260 g/mol. The summed E-state index contributed by atoms with van der Waals surface area (Å²) in [5.74, 6) is 0.144. The van der Waals surface area contributed by atoms with E-state index in [4.69, 9.17) is 16.3 Å². The lowest BCUT2D eigenvalue weighted by Crippen LogP contribution is -2.19. The number of esters is 1. The van der Waals surface area contributed by atoms with Crippen molar-refractivity contribution in [1.29, 1.82) is 0 Å². The van der Waals surface area contributed by atoms with E-state index in [0.29, 0.717) is 17.8 Å². The van der Waals surface area contributed by atoms with E-state index < -0.39 is 0 Å². The molecule has 0 heterocycles. The summed E-state index contributed by atoms with van der Waals surface area (Å²) in [6, 6.07) is 0. The van der Waals surface area contributed by atoms with E-state index >= 15 is 0 Å². The minimum atomic E-state index is -0.292. The maximum absolute atomic E-state index is 10.3. The van der Waals surface area contributed by atoms with E-state index in [9.17, 15) is 4.79 Å². The molecule has 1 unspecified atom stereocenters. The van der Waals surface area contributed by atoms with Crippen molar-refractivity contribution in [3.05, 3.63) is 0 Å². The molecule has 0 aromatic heterocycles. The molecule has 3 nitrogen and oxygen atoms in total. The molecule has 0 aliphatic heterocycles. The van der Waals surface area contributed by atoms with Crippen LogP contribution in [0.4, 0.5) is 0 Å². The molecule has 0 saturated heterocycles. The fraction of sp³-hybridized carbons (Fsp3) is 0.857. The fourth-order valence-corrected chi connectivity index (χ4v) is 1.41. The van der Waals surface area contributed by atoms with Gasteiger partial charge in [0.15, 0.2) is 0 Å². The highest BCUT2D eigenvalue weighted by atomic mass is 79.9. The zero-order valence-corrected chi connectivity index (χ0v) is 9.23. The molecule has 0 spiro atoms. The van der Waals surface area contributed by atoms with Crippen LogP contribution in [0.2, 0.25) is 0 Å². The highest BCUT2D eigenvalue weighted by molar-refractivity contribution is 9.09. The van der Waals surface area contributed by atoms with E-state index in [1.54, 1.807) is 0 Å². The summed E-state index contributed by atoms with van der Waals surface area (Å²) in [6.07, 6.45) is -0.0118. The van der Waals surface area contributed by atoms with E-state index in [1.807, 2.05) is 0 Å². The molecule has 5 heteroatoms. The Kier molecular flexibility index (Phi) is 7.96. The molecule has 0 rings (SSSR count). The van der Waals surface area contributed by atoms with Crippen LogP contribution >= 0.6 is 27.5 Å². The second-order valence-electron chi connectivity index (χ2n) is 2.14. The highest BCUT2D eigenvalue weighted by Gasteiger charge is 2.04. The SMILES string of the molecule is CC(=O)OCCOC(CCl)CBr. The summed E-state index contributed by atoms with van der Waals surface area (Å²) < 4.78 is 9.89. The van der Waals surface area contributed by atoms with Crippen molar-refractivity contribution in [3.63, 3.8) is 0 Å². The monoisotopic (exact) mass is 258 g/mol. The van der Waals surface area contributed by atoms with Crippen LogP contribution in [0.25, 0.3) is 0 Å². The smallest absolute Gasteiger partial charge is 0.302 e. The molecule has 0 aliphatic rings. The standard InChI is InChI=1S/C7H12BrClO3/c1-6(10)11-2-3-12-7(4-8)5-9/h7H,2-5H2,1H3. The van der Waals surface area contributed by atoms with Gasteiger partial charge in [0.1, 0.15) is 6.61 Å². The molecule has 12 heavy (non-hydrogen) atoms. The zero-order chi connectivity index (χ0) is 9.40. The van der Waals surface area contributed by atoms with E-state index in [0.717, 1.165) is 0 Å². The van der Waals surface area contributed by atoms with Crippen LogP contribution in [0.15, 0.2) is 0 Å². The van der Waals surface area contributed by atoms with Crippen LogP contribution < -0.4 is 0 Å². The summed E-state index contributed by atoms with van der Waals surface area (Å²) in [4.78, 5) is 10.3. The highest BCUT2D eigenvalue weighted by Crippen LogP contribution is 1.99. The molecule has 0 saturated carbocycles. The molecule has 0 bridgehead atoms. The van der Waals surface area contributed by atoms with Gasteiger partial charge in [-0.05, 0) is 0 Å². The Morgan fingerprint density at radius 2 is 2.25 bits per heavy atom. The number of hydrogen-bond donors (Lipinski definition) is 0. The first-order valence-corrected chi connectivity index (χ1v) is 5.23. The summed E-state index contributed by atoms with van der Waals surface area (Å²) in [6.45, 7) is 2.04. The average Bonchev–Trinajstić information content (AvgIpc) is 2.04. The van der Waals surface area contributed by atoms with Crippen LogP contribution in [0.3, 0.4) is 0 Å². The Bertz CT molecular complexity index is 128. The van der Waals surface area contributed by atoms with Crippen molar-refractivity contribution in [1.82, 2.24) is 0 Å². The van der Waals surface area contributed by atoms with Crippen LogP contribution in [0.1, 0.15) is 6.92 Å². The lowest BCUT2D eigenvalue weighted by Gasteiger charge is -2.11. The molecule has 0 fully saturated rings. The first kappa shape index (κ1) is 12.2. The zero-order valence-electron chi connectivity index (χ0n) is 6.89. The summed E-state index contributed by atoms with van der Waals surface area (Å²) >= 11 is 8.79. The maximum atomic E-state index is 10.3. The lowest BCUT2D eigenvalue weighted by atomic mass is 10.5. The molecule has 0 aromatic carbocycles. The number of hydrogen-bond acceptors (Lipinski definition) is 3. The van der Waals surface area contributed by atoms with Gasteiger partial charge in [0, 0.05) is 18.1 Å². The fourth-order valence-electron chi connectivity index (χ4n) is 0.531. The third kappa shape index (κ3) is 6.88. The van der Waals surface area contributed by atoms with Gasteiger partial charge in [0.05, 0.1) is 12.7 Å².